The zero-order valence-corrected chi connectivity index (χ0v) is 19.1. The van der Waals surface area contributed by atoms with Crippen LogP contribution in [0.4, 0.5) is 4.39 Å². The molecule has 1 amide bonds. The molecular formula is C25H24FNO7. The van der Waals surface area contributed by atoms with Crippen molar-refractivity contribution in [3.05, 3.63) is 63.3 Å². The van der Waals surface area contributed by atoms with E-state index in [-0.39, 0.29) is 34.9 Å². The summed E-state index contributed by atoms with van der Waals surface area (Å²) in [6, 6.07) is 6.28. The molecule has 2 aliphatic rings. The molecule has 0 N–H and O–H groups in total. The van der Waals surface area contributed by atoms with Gasteiger partial charge in [0, 0.05) is 13.2 Å². The SMILES string of the molecule is COc1cc([C@H]2c3c(oc4ccc(F)cc4c3=O)C(=O)N2C[C@@H]2CCCO2)cc(OC)c1OC. The van der Waals surface area contributed by atoms with Gasteiger partial charge in [-0.2, -0.15) is 0 Å². The number of nitrogens with zero attached hydrogens (tertiary/aromatic N) is 1. The van der Waals surface area contributed by atoms with Crippen LogP contribution in [0, 0.1) is 5.82 Å². The lowest BCUT2D eigenvalue weighted by molar-refractivity contribution is 0.0486. The van der Waals surface area contributed by atoms with Crippen LogP contribution in [-0.4, -0.2) is 51.4 Å². The summed E-state index contributed by atoms with van der Waals surface area (Å²) >= 11 is 0. The number of carbonyl (C=O) groups excluding carboxylic acids is 1. The first-order valence-electron chi connectivity index (χ1n) is 11.0. The van der Waals surface area contributed by atoms with Gasteiger partial charge in [0.05, 0.1) is 44.4 Å². The lowest BCUT2D eigenvalue weighted by atomic mass is 9.97. The van der Waals surface area contributed by atoms with Gasteiger partial charge in [-0.05, 0) is 48.7 Å². The van der Waals surface area contributed by atoms with E-state index in [2.05, 4.69) is 0 Å². The Hall–Kier alpha value is -3.59. The summed E-state index contributed by atoms with van der Waals surface area (Å²) in [5.74, 6) is 0.103. The molecule has 0 spiro atoms. The maximum atomic E-state index is 14.0. The molecule has 2 aliphatic heterocycles. The van der Waals surface area contributed by atoms with Gasteiger partial charge in [0.1, 0.15) is 11.4 Å². The Morgan fingerprint density at radius 3 is 2.41 bits per heavy atom. The fourth-order valence-corrected chi connectivity index (χ4v) is 4.79. The highest BCUT2D eigenvalue weighted by molar-refractivity contribution is 5.99. The van der Waals surface area contributed by atoms with E-state index >= 15 is 0 Å². The number of ether oxygens (including phenoxy) is 4. The number of amides is 1. The lowest BCUT2D eigenvalue weighted by Crippen LogP contribution is -2.36. The van der Waals surface area contributed by atoms with E-state index < -0.39 is 23.2 Å². The third-order valence-electron chi connectivity index (χ3n) is 6.35. The minimum absolute atomic E-state index is 0.0548. The van der Waals surface area contributed by atoms with Crippen molar-refractivity contribution in [3.63, 3.8) is 0 Å². The van der Waals surface area contributed by atoms with Crippen LogP contribution in [0.1, 0.15) is 40.6 Å². The van der Waals surface area contributed by atoms with Crippen LogP contribution in [0.25, 0.3) is 11.0 Å². The van der Waals surface area contributed by atoms with Crippen LogP contribution in [0.2, 0.25) is 0 Å². The number of halogens is 1. The molecule has 5 rings (SSSR count). The average molecular weight is 469 g/mol. The Bertz CT molecular complexity index is 1300. The molecule has 1 aromatic heterocycles. The second-order valence-corrected chi connectivity index (χ2v) is 8.27. The van der Waals surface area contributed by atoms with E-state index in [0.717, 1.165) is 18.9 Å². The maximum absolute atomic E-state index is 14.0. The molecule has 0 radical (unpaired) electrons. The number of rotatable bonds is 6. The summed E-state index contributed by atoms with van der Waals surface area (Å²) in [6.45, 7) is 0.892. The first-order valence-corrected chi connectivity index (χ1v) is 11.0. The van der Waals surface area contributed by atoms with Gasteiger partial charge in [-0.1, -0.05) is 0 Å². The largest absolute Gasteiger partial charge is 0.493 e. The molecule has 1 saturated heterocycles. The van der Waals surface area contributed by atoms with Crippen molar-refractivity contribution in [1.29, 1.82) is 0 Å². The zero-order valence-electron chi connectivity index (χ0n) is 19.1. The average Bonchev–Trinajstić information content (AvgIpc) is 3.46. The molecule has 2 aromatic carbocycles. The second-order valence-electron chi connectivity index (χ2n) is 8.27. The van der Waals surface area contributed by atoms with Crippen LogP contribution in [0.3, 0.4) is 0 Å². The third-order valence-corrected chi connectivity index (χ3v) is 6.35. The third kappa shape index (κ3) is 3.47. The van der Waals surface area contributed by atoms with E-state index in [0.29, 0.717) is 29.4 Å². The van der Waals surface area contributed by atoms with Crippen LogP contribution in [0.15, 0.2) is 39.5 Å². The van der Waals surface area contributed by atoms with E-state index in [1.807, 2.05) is 0 Å². The number of hydrogen-bond acceptors (Lipinski definition) is 7. The second kappa shape index (κ2) is 8.64. The summed E-state index contributed by atoms with van der Waals surface area (Å²) in [5, 5.41) is 0.0722. The molecule has 0 bridgehead atoms. The van der Waals surface area contributed by atoms with Crippen molar-refractivity contribution in [1.82, 2.24) is 4.90 Å². The standard InChI is InChI=1S/C25H24FNO7/c1-30-18-9-13(10-19(31-2)23(18)32-3)21-20-22(28)16-11-14(26)6-7-17(16)34-24(20)25(29)27(21)12-15-5-4-8-33-15/h6-7,9-11,15,21H,4-5,8,12H2,1-3H3/t15-,21-/m0/s1. The van der Waals surface area contributed by atoms with Gasteiger partial charge in [0.2, 0.25) is 11.5 Å². The Labute approximate surface area is 194 Å². The number of methoxy groups -OCH3 is 3. The molecule has 2 atom stereocenters. The number of fused-ring (bicyclic) bond motifs is 2. The fraction of sp³-hybridized carbons (Fsp3) is 0.360. The fourth-order valence-electron chi connectivity index (χ4n) is 4.79. The van der Waals surface area contributed by atoms with Gasteiger partial charge in [0.15, 0.2) is 16.9 Å². The summed E-state index contributed by atoms with van der Waals surface area (Å²) in [4.78, 5) is 28.7. The van der Waals surface area contributed by atoms with E-state index in [4.69, 9.17) is 23.4 Å². The smallest absolute Gasteiger partial charge is 0.291 e. The topological polar surface area (TPSA) is 87.4 Å². The first-order chi connectivity index (χ1) is 16.5. The zero-order chi connectivity index (χ0) is 24.0. The Balaban J connectivity index is 1.75. The van der Waals surface area contributed by atoms with E-state index in [1.54, 1.807) is 17.0 Å². The highest BCUT2D eigenvalue weighted by atomic mass is 19.1. The molecule has 0 saturated carbocycles. The number of benzene rings is 2. The van der Waals surface area contributed by atoms with Gasteiger partial charge < -0.3 is 28.3 Å². The molecule has 0 aliphatic carbocycles. The number of hydrogen-bond donors (Lipinski definition) is 0. The predicted octanol–water partition coefficient (Wildman–Crippen LogP) is 3.68. The van der Waals surface area contributed by atoms with Crippen LogP contribution in [-0.2, 0) is 4.74 Å². The van der Waals surface area contributed by atoms with Crippen molar-refractivity contribution in [2.75, 3.05) is 34.5 Å². The minimum Gasteiger partial charge on any atom is -0.493 e. The van der Waals surface area contributed by atoms with E-state index in [1.165, 1.54) is 33.5 Å². The molecule has 8 nitrogen and oxygen atoms in total. The van der Waals surface area contributed by atoms with Crippen LogP contribution < -0.4 is 19.6 Å². The normalized spacial score (nSPS) is 19.5. The molecule has 0 unspecified atom stereocenters. The van der Waals surface area contributed by atoms with Gasteiger partial charge in [0.25, 0.3) is 5.91 Å². The van der Waals surface area contributed by atoms with Crippen molar-refractivity contribution in [2.24, 2.45) is 0 Å². The molecule has 3 aromatic rings. The minimum atomic E-state index is -0.802. The summed E-state index contributed by atoms with van der Waals surface area (Å²) in [6.07, 6.45) is 1.54. The lowest BCUT2D eigenvalue weighted by Gasteiger charge is -2.28. The maximum Gasteiger partial charge on any atom is 0.291 e. The van der Waals surface area contributed by atoms with Gasteiger partial charge in [-0.25, -0.2) is 4.39 Å². The van der Waals surface area contributed by atoms with Gasteiger partial charge in [-0.3, -0.25) is 9.59 Å². The highest BCUT2D eigenvalue weighted by Gasteiger charge is 2.44. The molecule has 178 valence electrons. The first kappa shape index (κ1) is 22.2. The van der Waals surface area contributed by atoms with Crippen molar-refractivity contribution in [3.8, 4) is 17.2 Å². The Morgan fingerprint density at radius 2 is 1.79 bits per heavy atom. The summed E-state index contributed by atoms with van der Waals surface area (Å²) in [5.41, 5.74) is 0.414. The summed E-state index contributed by atoms with van der Waals surface area (Å²) < 4.78 is 42.0. The molecule has 9 heteroatoms. The van der Waals surface area contributed by atoms with Crippen LogP contribution >= 0.6 is 0 Å². The van der Waals surface area contributed by atoms with Gasteiger partial charge in [-0.15, -0.1) is 0 Å². The van der Waals surface area contributed by atoms with Gasteiger partial charge >= 0.3 is 0 Å². The van der Waals surface area contributed by atoms with Crippen molar-refractivity contribution in [2.45, 2.75) is 25.0 Å². The Morgan fingerprint density at radius 1 is 1.06 bits per heavy atom. The molecule has 34 heavy (non-hydrogen) atoms. The van der Waals surface area contributed by atoms with Crippen LogP contribution in [0.5, 0.6) is 17.2 Å². The van der Waals surface area contributed by atoms with E-state index in [9.17, 15) is 14.0 Å². The Kier molecular flexibility index (Phi) is 5.65. The number of carbonyl (C=O) groups is 1. The quantitative estimate of drug-likeness (QED) is 0.544. The molecule has 1 fully saturated rings. The summed E-state index contributed by atoms with van der Waals surface area (Å²) in [7, 11) is 4.47. The monoisotopic (exact) mass is 469 g/mol. The van der Waals surface area contributed by atoms with Crippen molar-refractivity contribution >= 4 is 16.9 Å². The molecular weight excluding hydrogens is 445 g/mol. The predicted molar refractivity (Wildman–Crippen MR) is 120 cm³/mol. The van der Waals surface area contributed by atoms with Crippen molar-refractivity contribution < 1.29 is 32.5 Å². The molecule has 3 heterocycles. The highest BCUT2D eigenvalue weighted by Crippen LogP contribution is 2.45.